The van der Waals surface area contributed by atoms with Gasteiger partial charge in [0.15, 0.2) is 0 Å². The average Bonchev–Trinajstić information content (AvgIpc) is 2.43. The third-order valence-corrected chi connectivity index (χ3v) is 4.85. The van der Waals surface area contributed by atoms with E-state index < -0.39 is 16.1 Å². The number of unbranched alkanes of at least 4 members (excludes halogenated alkanes) is 1. The van der Waals surface area contributed by atoms with Crippen molar-refractivity contribution in [3.63, 3.8) is 0 Å². The molecule has 1 aromatic rings. The molecule has 0 saturated carbocycles. The molecule has 2 atom stereocenters. The molecule has 1 N–H and O–H groups in total. The standard InChI is InChI=1S/C17H28NO2S/c1-6-7-10-15(18-21(19)17(2,3)4)12-14-9-8-11-16(13-14)20-5/h8-9,11,13,15,18H,2,6-7,10,12H2,1,3-5H3/t15-,21?/m0/s1. The van der Waals surface area contributed by atoms with Gasteiger partial charge in [0.05, 0.1) is 13.2 Å². The summed E-state index contributed by atoms with van der Waals surface area (Å²) < 4.78 is 20.3. The number of nitrogens with one attached hydrogen (secondary N) is 1. The molecule has 0 aliphatic rings. The van der Waals surface area contributed by atoms with E-state index in [4.69, 9.17) is 4.74 Å². The molecular formula is C17H28NO2S. The minimum Gasteiger partial charge on any atom is -0.598 e. The molecule has 0 bridgehead atoms. The van der Waals surface area contributed by atoms with E-state index in [9.17, 15) is 4.55 Å². The number of benzene rings is 1. The van der Waals surface area contributed by atoms with E-state index in [0.717, 1.165) is 31.4 Å². The Labute approximate surface area is 132 Å². The molecule has 119 valence electrons. The number of rotatable bonds is 9. The highest BCUT2D eigenvalue weighted by atomic mass is 32.2. The van der Waals surface area contributed by atoms with Crippen LogP contribution in [0, 0.1) is 6.92 Å². The fourth-order valence-corrected chi connectivity index (χ4v) is 2.87. The fourth-order valence-electron chi connectivity index (χ4n) is 2.05. The van der Waals surface area contributed by atoms with Crippen LogP contribution in [-0.4, -0.2) is 22.5 Å². The summed E-state index contributed by atoms with van der Waals surface area (Å²) in [5.41, 5.74) is 1.20. The first-order valence-electron chi connectivity index (χ1n) is 7.53. The van der Waals surface area contributed by atoms with E-state index in [0.29, 0.717) is 0 Å². The number of ether oxygens (including phenoxy) is 1. The zero-order valence-electron chi connectivity index (χ0n) is 13.6. The fraction of sp³-hybridized carbons (Fsp3) is 0.588. The third-order valence-electron chi connectivity index (χ3n) is 3.30. The van der Waals surface area contributed by atoms with Crippen LogP contribution in [0.5, 0.6) is 5.75 Å². The Kier molecular flexibility index (Phi) is 7.57. The van der Waals surface area contributed by atoms with Gasteiger partial charge in [-0.05, 0) is 44.4 Å². The quantitative estimate of drug-likeness (QED) is 0.708. The maximum Gasteiger partial charge on any atom is 0.139 e. The summed E-state index contributed by atoms with van der Waals surface area (Å²) in [4.78, 5) is 0. The summed E-state index contributed by atoms with van der Waals surface area (Å²) >= 11 is -1.14. The molecule has 0 fully saturated rings. The minimum absolute atomic E-state index is 0.193. The lowest BCUT2D eigenvalue weighted by atomic mass is 10.0. The Bertz CT molecular complexity index is 417. The maximum atomic E-state index is 12.3. The van der Waals surface area contributed by atoms with Crippen molar-refractivity contribution in [3.8, 4) is 5.75 Å². The van der Waals surface area contributed by atoms with E-state index in [1.165, 1.54) is 5.56 Å². The highest BCUT2D eigenvalue weighted by molar-refractivity contribution is 7.90. The molecule has 1 unspecified atom stereocenters. The van der Waals surface area contributed by atoms with Crippen molar-refractivity contribution in [2.75, 3.05) is 7.11 Å². The largest absolute Gasteiger partial charge is 0.598 e. The van der Waals surface area contributed by atoms with Crippen LogP contribution in [-0.2, 0) is 17.8 Å². The normalized spacial score (nSPS) is 14.8. The molecular weight excluding hydrogens is 282 g/mol. The van der Waals surface area contributed by atoms with Gasteiger partial charge in [0, 0.05) is 18.3 Å². The number of hydrogen-bond donors (Lipinski definition) is 1. The molecule has 3 nitrogen and oxygen atoms in total. The molecule has 0 saturated heterocycles. The van der Waals surface area contributed by atoms with Crippen molar-refractivity contribution in [2.24, 2.45) is 0 Å². The van der Waals surface area contributed by atoms with Crippen LogP contribution in [0.15, 0.2) is 24.3 Å². The molecule has 0 aliphatic carbocycles. The van der Waals surface area contributed by atoms with Gasteiger partial charge >= 0.3 is 0 Å². The summed E-state index contributed by atoms with van der Waals surface area (Å²) in [7, 11) is 1.67. The summed E-state index contributed by atoms with van der Waals surface area (Å²) in [6.45, 7) is 9.90. The van der Waals surface area contributed by atoms with Crippen LogP contribution in [0.4, 0.5) is 0 Å². The van der Waals surface area contributed by atoms with Gasteiger partial charge < -0.3 is 9.29 Å². The van der Waals surface area contributed by atoms with Gasteiger partial charge in [-0.15, -0.1) is 4.72 Å². The zero-order valence-corrected chi connectivity index (χ0v) is 14.5. The molecule has 0 amide bonds. The topological polar surface area (TPSA) is 44.3 Å². The molecule has 4 heteroatoms. The van der Waals surface area contributed by atoms with Crippen molar-refractivity contribution in [2.45, 2.75) is 57.2 Å². The summed E-state index contributed by atoms with van der Waals surface area (Å²) in [6, 6.07) is 8.25. The van der Waals surface area contributed by atoms with Gasteiger partial charge in [0.1, 0.15) is 10.5 Å². The number of hydrogen-bond acceptors (Lipinski definition) is 3. The van der Waals surface area contributed by atoms with Crippen LogP contribution < -0.4 is 9.46 Å². The molecule has 0 spiro atoms. The van der Waals surface area contributed by atoms with Crippen molar-refractivity contribution in [3.05, 3.63) is 36.8 Å². The van der Waals surface area contributed by atoms with Crippen molar-refractivity contribution >= 4 is 11.4 Å². The monoisotopic (exact) mass is 310 g/mol. The van der Waals surface area contributed by atoms with Gasteiger partial charge in [-0.1, -0.05) is 31.9 Å². The lowest BCUT2D eigenvalue weighted by molar-refractivity contribution is 0.413. The second kappa shape index (κ2) is 8.66. The number of methoxy groups -OCH3 is 1. The summed E-state index contributed by atoms with van der Waals surface area (Å²) in [6.07, 6.45) is 4.11. The second-order valence-corrected chi connectivity index (χ2v) is 7.92. The van der Waals surface area contributed by atoms with E-state index in [1.54, 1.807) is 7.11 Å². The Morgan fingerprint density at radius 1 is 1.43 bits per heavy atom. The first-order valence-corrected chi connectivity index (χ1v) is 8.68. The highest BCUT2D eigenvalue weighted by Gasteiger charge is 2.29. The molecule has 0 aromatic heterocycles. The molecule has 1 rings (SSSR count). The Hall–Kier alpha value is -0.710. The molecule has 0 aliphatic heterocycles. The van der Waals surface area contributed by atoms with Crippen LogP contribution >= 0.6 is 0 Å². The zero-order chi connectivity index (χ0) is 15.9. The van der Waals surface area contributed by atoms with Crippen LogP contribution in [0.1, 0.15) is 45.6 Å². The van der Waals surface area contributed by atoms with Gasteiger partial charge in [-0.25, -0.2) is 0 Å². The molecule has 21 heavy (non-hydrogen) atoms. The first-order chi connectivity index (χ1) is 9.86. The average molecular weight is 310 g/mol. The van der Waals surface area contributed by atoms with Gasteiger partial charge in [-0.2, -0.15) is 0 Å². The first kappa shape index (κ1) is 18.3. The molecule has 1 radical (unpaired) electrons. The molecule has 1 aromatic carbocycles. The van der Waals surface area contributed by atoms with Crippen molar-refractivity contribution < 1.29 is 9.29 Å². The van der Waals surface area contributed by atoms with Gasteiger partial charge in [0.25, 0.3) is 0 Å². The predicted molar refractivity (Wildman–Crippen MR) is 90.7 cm³/mol. The smallest absolute Gasteiger partial charge is 0.139 e. The van der Waals surface area contributed by atoms with Crippen LogP contribution in [0.2, 0.25) is 0 Å². The van der Waals surface area contributed by atoms with Crippen LogP contribution in [0.3, 0.4) is 0 Å². The second-order valence-electron chi connectivity index (χ2n) is 6.04. The van der Waals surface area contributed by atoms with Gasteiger partial charge in [-0.3, -0.25) is 0 Å². The third kappa shape index (κ3) is 6.72. The predicted octanol–water partition coefficient (Wildman–Crippen LogP) is 3.66. The Morgan fingerprint density at radius 2 is 2.14 bits per heavy atom. The van der Waals surface area contributed by atoms with Crippen molar-refractivity contribution in [1.82, 2.24) is 4.72 Å². The van der Waals surface area contributed by atoms with E-state index in [2.05, 4.69) is 24.6 Å². The Morgan fingerprint density at radius 3 is 2.71 bits per heavy atom. The van der Waals surface area contributed by atoms with E-state index >= 15 is 0 Å². The summed E-state index contributed by atoms with van der Waals surface area (Å²) in [5.74, 6) is 0.861. The highest BCUT2D eigenvalue weighted by Crippen LogP contribution is 2.19. The molecule has 0 heterocycles. The summed E-state index contributed by atoms with van der Waals surface area (Å²) in [5, 5.41) is 0. The Balaban J connectivity index is 2.72. The maximum absolute atomic E-state index is 12.3. The lowest BCUT2D eigenvalue weighted by Gasteiger charge is -2.28. The minimum atomic E-state index is -1.14. The van der Waals surface area contributed by atoms with Crippen LogP contribution in [0.25, 0.3) is 0 Å². The SMILES string of the molecule is [CH2]C(C)(C)[S+]([O-])N[C@@H](CCCC)Cc1cccc(OC)c1. The van der Waals surface area contributed by atoms with Crippen molar-refractivity contribution in [1.29, 1.82) is 0 Å². The lowest BCUT2D eigenvalue weighted by Crippen LogP contribution is -2.45. The van der Waals surface area contributed by atoms with E-state index in [1.807, 2.05) is 32.0 Å². The van der Waals surface area contributed by atoms with Gasteiger partial charge in [0.2, 0.25) is 0 Å². The van der Waals surface area contributed by atoms with E-state index in [-0.39, 0.29) is 6.04 Å².